The third-order valence-corrected chi connectivity index (χ3v) is 2.91. The van der Waals surface area contributed by atoms with Crippen LogP contribution < -0.4 is 5.43 Å². The Bertz CT molecular complexity index is 380. The summed E-state index contributed by atoms with van der Waals surface area (Å²) in [6.45, 7) is 2.72. The second-order valence-corrected chi connectivity index (χ2v) is 4.13. The number of nitrogens with one attached hydrogen (secondary N) is 1. The van der Waals surface area contributed by atoms with Gasteiger partial charge in [-0.05, 0) is 28.1 Å². The van der Waals surface area contributed by atoms with Crippen molar-refractivity contribution in [1.29, 1.82) is 0 Å². The Morgan fingerprint density at radius 3 is 2.94 bits per heavy atom. The van der Waals surface area contributed by atoms with Gasteiger partial charge in [0, 0.05) is 19.3 Å². The number of hydrazine groups is 1. The van der Waals surface area contributed by atoms with Gasteiger partial charge >= 0.3 is 0 Å². The number of carbonyl (C=O) groups excluding carboxylic acids is 1. The van der Waals surface area contributed by atoms with E-state index in [1.165, 1.54) is 0 Å². The Morgan fingerprint density at radius 2 is 2.25 bits per heavy atom. The molecule has 0 aromatic carbocycles. The number of rotatable bonds is 2. The van der Waals surface area contributed by atoms with E-state index in [2.05, 4.69) is 26.3 Å². The van der Waals surface area contributed by atoms with E-state index in [9.17, 15) is 4.79 Å². The Labute approximate surface area is 102 Å². The summed E-state index contributed by atoms with van der Waals surface area (Å²) in [6, 6.07) is 3.46. The minimum absolute atomic E-state index is 0.151. The van der Waals surface area contributed by atoms with Crippen molar-refractivity contribution >= 4 is 21.8 Å². The van der Waals surface area contributed by atoms with Gasteiger partial charge in [0.05, 0.1) is 18.8 Å². The van der Waals surface area contributed by atoms with Crippen molar-refractivity contribution < 1.29 is 9.53 Å². The van der Waals surface area contributed by atoms with E-state index >= 15 is 0 Å². The molecule has 0 spiro atoms. The van der Waals surface area contributed by atoms with Crippen LogP contribution in [0, 0.1) is 0 Å². The van der Waals surface area contributed by atoms with E-state index in [0.29, 0.717) is 36.5 Å². The first-order chi connectivity index (χ1) is 7.77. The fourth-order valence-corrected chi connectivity index (χ4v) is 1.86. The zero-order valence-corrected chi connectivity index (χ0v) is 10.2. The molecule has 0 saturated carbocycles. The van der Waals surface area contributed by atoms with Gasteiger partial charge in [-0.1, -0.05) is 0 Å². The molecule has 1 aliphatic rings. The minimum Gasteiger partial charge on any atom is -0.379 e. The van der Waals surface area contributed by atoms with Crippen molar-refractivity contribution in [3.8, 4) is 0 Å². The van der Waals surface area contributed by atoms with Crippen LogP contribution in [0.1, 0.15) is 10.4 Å². The number of carbonyl (C=O) groups is 1. The van der Waals surface area contributed by atoms with Crippen LogP contribution in [0.25, 0.3) is 0 Å². The number of hydrogen-bond donors (Lipinski definition) is 1. The lowest BCUT2D eigenvalue weighted by atomic mass is 10.3. The van der Waals surface area contributed by atoms with Crippen molar-refractivity contribution in [2.75, 3.05) is 26.3 Å². The molecule has 2 rings (SSSR count). The summed E-state index contributed by atoms with van der Waals surface area (Å²) in [5.41, 5.74) is 3.36. The number of aromatic nitrogens is 1. The highest BCUT2D eigenvalue weighted by Crippen LogP contribution is 2.12. The topological polar surface area (TPSA) is 54.5 Å². The number of halogens is 1. The van der Waals surface area contributed by atoms with Crippen LogP contribution in [-0.4, -0.2) is 42.2 Å². The molecular weight excluding hydrogens is 274 g/mol. The fraction of sp³-hybridized carbons (Fsp3) is 0.400. The molecule has 0 unspecified atom stereocenters. The zero-order chi connectivity index (χ0) is 11.4. The van der Waals surface area contributed by atoms with Crippen LogP contribution in [0.15, 0.2) is 22.9 Å². The Hall–Kier alpha value is -0.980. The van der Waals surface area contributed by atoms with Gasteiger partial charge in [0.1, 0.15) is 4.60 Å². The number of hydrogen-bond acceptors (Lipinski definition) is 4. The number of amides is 1. The lowest BCUT2D eigenvalue weighted by Crippen LogP contribution is -2.48. The summed E-state index contributed by atoms with van der Waals surface area (Å²) in [6.07, 6.45) is 1.63. The lowest BCUT2D eigenvalue weighted by molar-refractivity contribution is 0.0126. The summed E-state index contributed by atoms with van der Waals surface area (Å²) in [5, 5.41) is 1.85. The standard InChI is InChI=1S/C10H12BrN3O2/c11-9-8(2-1-3-12-9)10(15)13-14-4-6-16-7-5-14/h1-3H,4-7H2,(H,13,15). The maximum Gasteiger partial charge on any atom is 0.268 e. The largest absolute Gasteiger partial charge is 0.379 e. The van der Waals surface area contributed by atoms with Crippen molar-refractivity contribution in [3.63, 3.8) is 0 Å². The first kappa shape index (κ1) is 11.5. The van der Waals surface area contributed by atoms with Crippen LogP contribution in [0.5, 0.6) is 0 Å². The molecule has 1 amide bonds. The predicted octanol–water partition coefficient (Wildman–Crippen LogP) is 0.821. The maximum absolute atomic E-state index is 11.9. The predicted molar refractivity (Wildman–Crippen MR) is 61.8 cm³/mol. The normalized spacial score (nSPS) is 17.1. The van der Waals surface area contributed by atoms with Gasteiger partial charge in [0.15, 0.2) is 0 Å². The molecule has 1 aliphatic heterocycles. The first-order valence-electron chi connectivity index (χ1n) is 5.01. The molecule has 1 saturated heterocycles. The molecular formula is C10H12BrN3O2. The third-order valence-electron chi connectivity index (χ3n) is 2.27. The van der Waals surface area contributed by atoms with Gasteiger partial charge < -0.3 is 4.74 Å². The van der Waals surface area contributed by atoms with Crippen LogP contribution >= 0.6 is 15.9 Å². The second-order valence-electron chi connectivity index (χ2n) is 3.38. The summed E-state index contributed by atoms with van der Waals surface area (Å²) in [7, 11) is 0. The van der Waals surface area contributed by atoms with E-state index in [1.54, 1.807) is 18.3 Å². The number of ether oxygens (including phenoxy) is 1. The van der Waals surface area contributed by atoms with Gasteiger partial charge in [0.25, 0.3) is 5.91 Å². The van der Waals surface area contributed by atoms with Crippen LogP contribution in [0.2, 0.25) is 0 Å². The van der Waals surface area contributed by atoms with Gasteiger partial charge in [0.2, 0.25) is 0 Å². The molecule has 1 fully saturated rings. The molecule has 0 aliphatic carbocycles. The average Bonchev–Trinajstić information content (AvgIpc) is 2.31. The van der Waals surface area contributed by atoms with Crippen LogP contribution in [-0.2, 0) is 4.74 Å². The van der Waals surface area contributed by atoms with Crippen molar-refractivity contribution in [2.45, 2.75) is 0 Å². The SMILES string of the molecule is O=C(NN1CCOCC1)c1cccnc1Br. The first-order valence-corrected chi connectivity index (χ1v) is 5.81. The molecule has 0 radical (unpaired) electrons. The highest BCUT2D eigenvalue weighted by atomic mass is 79.9. The number of pyridine rings is 1. The second kappa shape index (κ2) is 5.38. The highest BCUT2D eigenvalue weighted by molar-refractivity contribution is 9.10. The molecule has 0 bridgehead atoms. The third kappa shape index (κ3) is 2.78. The van der Waals surface area contributed by atoms with Gasteiger partial charge in [-0.2, -0.15) is 0 Å². The minimum atomic E-state index is -0.151. The number of nitrogens with zero attached hydrogens (tertiary/aromatic N) is 2. The van der Waals surface area contributed by atoms with E-state index in [0.717, 1.165) is 0 Å². The maximum atomic E-state index is 11.9. The summed E-state index contributed by atoms with van der Waals surface area (Å²) in [5.74, 6) is -0.151. The molecule has 1 aromatic heterocycles. The van der Waals surface area contributed by atoms with E-state index in [-0.39, 0.29) is 5.91 Å². The molecule has 1 N–H and O–H groups in total. The Kier molecular flexibility index (Phi) is 3.87. The Morgan fingerprint density at radius 1 is 1.50 bits per heavy atom. The zero-order valence-electron chi connectivity index (χ0n) is 8.65. The molecule has 0 atom stereocenters. The lowest BCUT2D eigenvalue weighted by Gasteiger charge is -2.26. The molecule has 6 heteroatoms. The fourth-order valence-electron chi connectivity index (χ4n) is 1.43. The monoisotopic (exact) mass is 285 g/mol. The van der Waals surface area contributed by atoms with Gasteiger partial charge in [-0.25, -0.2) is 9.99 Å². The smallest absolute Gasteiger partial charge is 0.268 e. The molecule has 2 heterocycles. The van der Waals surface area contributed by atoms with Gasteiger partial charge in [-0.15, -0.1) is 0 Å². The summed E-state index contributed by atoms with van der Waals surface area (Å²) >= 11 is 3.25. The van der Waals surface area contributed by atoms with E-state index in [4.69, 9.17) is 4.74 Å². The van der Waals surface area contributed by atoms with Gasteiger partial charge in [-0.3, -0.25) is 10.2 Å². The van der Waals surface area contributed by atoms with Crippen molar-refractivity contribution in [1.82, 2.24) is 15.4 Å². The summed E-state index contributed by atoms with van der Waals surface area (Å²) < 4.78 is 5.75. The quantitative estimate of drug-likeness (QED) is 0.818. The molecule has 5 nitrogen and oxygen atoms in total. The molecule has 1 aromatic rings. The van der Waals surface area contributed by atoms with E-state index < -0.39 is 0 Å². The van der Waals surface area contributed by atoms with E-state index in [1.807, 2.05) is 5.01 Å². The summed E-state index contributed by atoms with van der Waals surface area (Å²) in [4.78, 5) is 15.9. The number of morpholine rings is 1. The average molecular weight is 286 g/mol. The Balaban J connectivity index is 2.00. The van der Waals surface area contributed by atoms with Crippen molar-refractivity contribution in [3.05, 3.63) is 28.5 Å². The van der Waals surface area contributed by atoms with Crippen LogP contribution in [0.3, 0.4) is 0 Å². The molecule has 16 heavy (non-hydrogen) atoms. The highest BCUT2D eigenvalue weighted by Gasteiger charge is 2.16. The van der Waals surface area contributed by atoms with Crippen LogP contribution in [0.4, 0.5) is 0 Å². The molecule has 86 valence electrons. The van der Waals surface area contributed by atoms with Crippen molar-refractivity contribution in [2.24, 2.45) is 0 Å².